The molecule has 166 valence electrons. The lowest BCUT2D eigenvalue weighted by atomic mass is 10.0. The Labute approximate surface area is 189 Å². The van der Waals surface area contributed by atoms with Crippen LogP contribution in [0.2, 0.25) is 0 Å². The van der Waals surface area contributed by atoms with E-state index in [9.17, 15) is 13.6 Å². The van der Waals surface area contributed by atoms with E-state index in [4.69, 9.17) is 0 Å². The Kier molecular flexibility index (Phi) is 5.56. The molecule has 1 aromatic heterocycles. The van der Waals surface area contributed by atoms with E-state index in [2.05, 4.69) is 38.6 Å². The molecule has 1 aliphatic rings. The van der Waals surface area contributed by atoms with Gasteiger partial charge in [-0.15, -0.1) is 10.2 Å². The number of halogens is 2. The van der Waals surface area contributed by atoms with Crippen LogP contribution in [0.3, 0.4) is 0 Å². The van der Waals surface area contributed by atoms with Gasteiger partial charge in [0.15, 0.2) is 5.82 Å². The molecular weight excluding hydrogens is 424 g/mol. The molecule has 3 aromatic carbocycles. The molecule has 6 nitrogen and oxygen atoms in total. The summed E-state index contributed by atoms with van der Waals surface area (Å²) in [5.74, 6) is -0.751. The van der Waals surface area contributed by atoms with Gasteiger partial charge in [-0.3, -0.25) is 0 Å². The molecule has 0 bridgehead atoms. The number of hydrogen-bond acceptors (Lipinski definition) is 4. The second kappa shape index (κ2) is 8.82. The number of nitrogens with zero attached hydrogens (tertiary/aromatic N) is 4. The van der Waals surface area contributed by atoms with Crippen LogP contribution in [0.15, 0.2) is 72.8 Å². The minimum absolute atomic E-state index is 0.0429. The molecule has 2 amide bonds. The summed E-state index contributed by atoms with van der Waals surface area (Å²) in [5, 5.41) is 13.6. The van der Waals surface area contributed by atoms with Crippen molar-refractivity contribution < 1.29 is 13.6 Å². The van der Waals surface area contributed by atoms with Crippen molar-refractivity contribution in [3.05, 3.63) is 84.4 Å². The monoisotopic (exact) mass is 445 g/mol. The number of carbonyl (C=O) groups is 1. The van der Waals surface area contributed by atoms with Gasteiger partial charge in [-0.25, -0.2) is 13.6 Å². The number of nitrogens with one attached hydrogen (secondary N) is 1. The number of urea groups is 1. The van der Waals surface area contributed by atoms with Crippen LogP contribution in [0.1, 0.15) is 0 Å². The summed E-state index contributed by atoms with van der Waals surface area (Å²) in [6, 6.07) is 20.8. The predicted molar refractivity (Wildman–Crippen MR) is 124 cm³/mol. The van der Waals surface area contributed by atoms with E-state index in [1.165, 1.54) is 6.07 Å². The Morgan fingerprint density at radius 1 is 0.848 bits per heavy atom. The maximum absolute atomic E-state index is 13.8. The van der Waals surface area contributed by atoms with E-state index < -0.39 is 17.7 Å². The number of piperazine rings is 1. The van der Waals surface area contributed by atoms with Gasteiger partial charge < -0.3 is 15.1 Å². The molecule has 4 aromatic rings. The smallest absolute Gasteiger partial charge is 0.322 e. The van der Waals surface area contributed by atoms with Gasteiger partial charge in [0.2, 0.25) is 0 Å². The number of aromatic nitrogens is 2. The van der Waals surface area contributed by atoms with E-state index in [-0.39, 0.29) is 5.69 Å². The highest BCUT2D eigenvalue weighted by Gasteiger charge is 2.23. The molecule has 0 radical (unpaired) electrons. The summed E-state index contributed by atoms with van der Waals surface area (Å²) in [5.41, 5.74) is 1.79. The first-order valence-electron chi connectivity index (χ1n) is 10.7. The number of hydrogen-bond donors (Lipinski definition) is 1. The van der Waals surface area contributed by atoms with Crippen molar-refractivity contribution in [2.45, 2.75) is 0 Å². The fourth-order valence-corrected chi connectivity index (χ4v) is 4.01. The first kappa shape index (κ1) is 20.8. The molecule has 0 spiro atoms. The number of amides is 2. The first-order chi connectivity index (χ1) is 16.1. The van der Waals surface area contributed by atoms with Gasteiger partial charge in [0.1, 0.15) is 11.6 Å². The van der Waals surface area contributed by atoms with Gasteiger partial charge in [-0.05, 0) is 35.0 Å². The van der Waals surface area contributed by atoms with Crippen molar-refractivity contribution in [1.82, 2.24) is 15.1 Å². The van der Waals surface area contributed by atoms with Crippen LogP contribution in [-0.2, 0) is 0 Å². The third kappa shape index (κ3) is 4.32. The standard InChI is InChI=1S/C25H21F2N5O/c26-18-8-9-23(21(27)16-18)28-25(33)32-14-12-31(13-15-32)24-11-10-22(29-30-24)20-7-3-5-17-4-1-2-6-19(17)20/h1-11,16H,12-15H2,(H,28,33). The van der Waals surface area contributed by atoms with E-state index in [1.807, 2.05) is 36.4 Å². The van der Waals surface area contributed by atoms with Crippen LogP contribution in [0.25, 0.3) is 22.0 Å². The van der Waals surface area contributed by atoms with Crippen LogP contribution in [-0.4, -0.2) is 47.3 Å². The van der Waals surface area contributed by atoms with Crippen molar-refractivity contribution in [3.8, 4) is 11.3 Å². The quantitative estimate of drug-likeness (QED) is 0.486. The number of anilines is 2. The van der Waals surface area contributed by atoms with Crippen LogP contribution >= 0.6 is 0 Å². The van der Waals surface area contributed by atoms with Crippen LogP contribution in [0, 0.1) is 11.6 Å². The minimum atomic E-state index is -0.802. The molecular formula is C25H21F2N5O. The molecule has 1 fully saturated rings. The fraction of sp³-hybridized carbons (Fsp3) is 0.160. The molecule has 8 heteroatoms. The van der Waals surface area contributed by atoms with Crippen LogP contribution in [0.5, 0.6) is 0 Å². The van der Waals surface area contributed by atoms with Gasteiger partial charge in [0, 0.05) is 37.8 Å². The maximum atomic E-state index is 13.8. The maximum Gasteiger partial charge on any atom is 0.322 e. The topological polar surface area (TPSA) is 61.4 Å². The lowest BCUT2D eigenvalue weighted by molar-refractivity contribution is 0.208. The van der Waals surface area contributed by atoms with Crippen molar-refractivity contribution in [1.29, 1.82) is 0 Å². The summed E-state index contributed by atoms with van der Waals surface area (Å²) in [6.07, 6.45) is 0. The Hall–Kier alpha value is -4.07. The van der Waals surface area contributed by atoms with Crippen molar-refractivity contribution in [2.24, 2.45) is 0 Å². The second-order valence-electron chi connectivity index (χ2n) is 7.83. The summed E-state index contributed by atoms with van der Waals surface area (Å²) >= 11 is 0. The van der Waals surface area contributed by atoms with Gasteiger partial charge in [-0.2, -0.15) is 0 Å². The average molecular weight is 445 g/mol. The highest BCUT2D eigenvalue weighted by Crippen LogP contribution is 2.27. The average Bonchev–Trinajstić information content (AvgIpc) is 2.85. The molecule has 0 unspecified atom stereocenters. The molecule has 33 heavy (non-hydrogen) atoms. The Morgan fingerprint density at radius 2 is 1.64 bits per heavy atom. The Morgan fingerprint density at radius 3 is 2.39 bits per heavy atom. The second-order valence-corrected chi connectivity index (χ2v) is 7.83. The van der Waals surface area contributed by atoms with Crippen molar-refractivity contribution >= 4 is 28.3 Å². The summed E-state index contributed by atoms with van der Waals surface area (Å²) in [7, 11) is 0. The number of benzene rings is 3. The SMILES string of the molecule is O=C(Nc1ccc(F)cc1F)N1CCN(c2ccc(-c3cccc4ccccc34)nn2)CC1. The normalized spacial score (nSPS) is 13.9. The zero-order valence-corrected chi connectivity index (χ0v) is 17.7. The van der Waals surface area contributed by atoms with Crippen molar-refractivity contribution in [3.63, 3.8) is 0 Å². The number of fused-ring (bicyclic) bond motifs is 1. The fourth-order valence-electron chi connectivity index (χ4n) is 4.01. The zero-order valence-electron chi connectivity index (χ0n) is 17.7. The lowest BCUT2D eigenvalue weighted by Crippen LogP contribution is -2.50. The minimum Gasteiger partial charge on any atom is -0.352 e. The van der Waals surface area contributed by atoms with Gasteiger partial charge >= 0.3 is 6.03 Å². The van der Waals surface area contributed by atoms with E-state index in [0.717, 1.165) is 40.0 Å². The zero-order chi connectivity index (χ0) is 22.8. The van der Waals surface area contributed by atoms with Crippen molar-refractivity contribution in [2.75, 3.05) is 36.4 Å². The molecule has 1 aliphatic heterocycles. The number of carbonyl (C=O) groups excluding carboxylic acids is 1. The summed E-state index contributed by atoms with van der Waals surface area (Å²) < 4.78 is 26.9. The first-order valence-corrected chi connectivity index (χ1v) is 10.7. The van der Waals surface area contributed by atoms with E-state index >= 15 is 0 Å². The Balaban J connectivity index is 1.23. The van der Waals surface area contributed by atoms with E-state index in [0.29, 0.717) is 26.2 Å². The molecule has 1 saturated heterocycles. The molecule has 0 aliphatic carbocycles. The molecule has 0 atom stereocenters. The lowest BCUT2D eigenvalue weighted by Gasteiger charge is -2.35. The Bertz CT molecular complexity index is 1300. The highest BCUT2D eigenvalue weighted by atomic mass is 19.1. The third-order valence-electron chi connectivity index (χ3n) is 5.78. The van der Waals surface area contributed by atoms with E-state index in [1.54, 1.807) is 4.90 Å². The summed E-state index contributed by atoms with van der Waals surface area (Å²) in [6.45, 7) is 2.03. The molecule has 0 saturated carbocycles. The van der Waals surface area contributed by atoms with Gasteiger partial charge in [-0.1, -0.05) is 42.5 Å². The van der Waals surface area contributed by atoms with Crippen LogP contribution in [0.4, 0.5) is 25.1 Å². The summed E-state index contributed by atoms with van der Waals surface area (Å²) in [4.78, 5) is 16.1. The molecule has 1 N–H and O–H groups in total. The number of rotatable bonds is 3. The molecule has 5 rings (SSSR count). The third-order valence-corrected chi connectivity index (χ3v) is 5.78. The van der Waals surface area contributed by atoms with Crippen LogP contribution < -0.4 is 10.2 Å². The highest BCUT2D eigenvalue weighted by molar-refractivity contribution is 5.95. The largest absolute Gasteiger partial charge is 0.352 e. The molecule has 2 heterocycles. The van der Waals surface area contributed by atoms with Gasteiger partial charge in [0.25, 0.3) is 0 Å². The predicted octanol–water partition coefficient (Wildman–Crippen LogP) is 4.93. The van der Waals surface area contributed by atoms with Gasteiger partial charge in [0.05, 0.1) is 11.4 Å².